The van der Waals surface area contributed by atoms with E-state index in [0.717, 1.165) is 13.7 Å². The van der Waals surface area contributed by atoms with Crippen molar-refractivity contribution in [2.24, 2.45) is 0 Å². The number of anilines is 1. The van der Waals surface area contributed by atoms with E-state index in [0.29, 0.717) is 5.69 Å². The van der Waals surface area contributed by atoms with Crippen LogP contribution in [0.3, 0.4) is 0 Å². The first-order valence-electron chi connectivity index (χ1n) is 5.81. The first-order valence-corrected chi connectivity index (χ1v) is 6.89. The van der Waals surface area contributed by atoms with Crippen molar-refractivity contribution in [1.82, 2.24) is 9.55 Å². The van der Waals surface area contributed by atoms with Crippen LogP contribution in [0.15, 0.2) is 40.1 Å². The third-order valence-corrected chi connectivity index (χ3v) is 3.83. The van der Waals surface area contributed by atoms with Crippen LogP contribution in [0.5, 0.6) is 0 Å². The second-order valence-corrected chi connectivity index (χ2v) is 5.41. The summed E-state index contributed by atoms with van der Waals surface area (Å²) in [5, 5.41) is 2.70. The van der Waals surface area contributed by atoms with E-state index in [9.17, 15) is 14.4 Å². The zero-order chi connectivity index (χ0) is 14.7. The number of aromatic nitrogens is 2. The number of hydrogen-bond donors (Lipinski definition) is 2. The van der Waals surface area contributed by atoms with Crippen LogP contribution in [0.4, 0.5) is 5.69 Å². The number of H-pyrrole nitrogens is 1. The van der Waals surface area contributed by atoms with Gasteiger partial charge in [-0.2, -0.15) is 0 Å². The minimum Gasteiger partial charge on any atom is -0.324 e. The molecule has 0 saturated heterocycles. The molecular formula is C13H12IN3O3. The topological polar surface area (TPSA) is 84.0 Å². The Hall–Kier alpha value is -1.90. The lowest BCUT2D eigenvalue weighted by molar-refractivity contribution is -0.116. The molecule has 0 fully saturated rings. The molecule has 0 saturated carbocycles. The molecule has 0 unspecified atom stereocenters. The number of aryl methyl sites for hydroxylation is 1. The summed E-state index contributed by atoms with van der Waals surface area (Å²) in [7, 11) is 0. The number of hydrogen-bond acceptors (Lipinski definition) is 3. The first-order chi connectivity index (χ1) is 9.45. The summed E-state index contributed by atoms with van der Waals surface area (Å²) >= 11 is 2.18. The fraction of sp³-hybridized carbons (Fsp3) is 0.154. The van der Waals surface area contributed by atoms with E-state index in [1.54, 1.807) is 6.07 Å². The third kappa shape index (κ3) is 3.56. The zero-order valence-corrected chi connectivity index (χ0v) is 12.8. The minimum atomic E-state index is -0.605. The van der Waals surface area contributed by atoms with Crippen molar-refractivity contribution < 1.29 is 4.79 Å². The molecule has 2 N–H and O–H groups in total. The van der Waals surface area contributed by atoms with Crippen LogP contribution in [0.2, 0.25) is 0 Å². The number of benzene rings is 1. The van der Waals surface area contributed by atoms with E-state index in [4.69, 9.17) is 0 Å². The van der Waals surface area contributed by atoms with E-state index in [1.165, 1.54) is 12.3 Å². The molecule has 0 aliphatic rings. The van der Waals surface area contributed by atoms with E-state index in [1.807, 2.05) is 19.1 Å². The molecule has 0 atom stereocenters. The Bertz CT molecular complexity index is 764. The van der Waals surface area contributed by atoms with Crippen molar-refractivity contribution in [3.63, 3.8) is 0 Å². The number of nitrogens with zero attached hydrogens (tertiary/aromatic N) is 1. The summed E-state index contributed by atoms with van der Waals surface area (Å²) in [6.45, 7) is 1.83. The normalized spacial score (nSPS) is 10.3. The van der Waals surface area contributed by atoms with Gasteiger partial charge in [0.15, 0.2) is 0 Å². The highest BCUT2D eigenvalue weighted by Gasteiger charge is 2.06. The van der Waals surface area contributed by atoms with Gasteiger partial charge >= 0.3 is 5.69 Å². The molecule has 0 radical (unpaired) electrons. The molecule has 2 rings (SSSR count). The number of halogens is 1. The predicted octanol–water partition coefficient (Wildman–Crippen LogP) is 1.09. The van der Waals surface area contributed by atoms with Crippen LogP contribution in [-0.2, 0) is 11.3 Å². The second-order valence-electron chi connectivity index (χ2n) is 4.25. The Labute approximate surface area is 128 Å². The maximum absolute atomic E-state index is 11.8. The van der Waals surface area contributed by atoms with Crippen molar-refractivity contribution in [2.75, 3.05) is 5.32 Å². The van der Waals surface area contributed by atoms with Crippen LogP contribution < -0.4 is 16.6 Å². The van der Waals surface area contributed by atoms with Gasteiger partial charge in [0.1, 0.15) is 6.54 Å². The number of carbonyl (C=O) groups excluding carboxylic acids is 1. The highest BCUT2D eigenvalue weighted by Crippen LogP contribution is 2.16. The van der Waals surface area contributed by atoms with Gasteiger partial charge in [0, 0.05) is 21.5 Å². The molecule has 20 heavy (non-hydrogen) atoms. The fourth-order valence-electron chi connectivity index (χ4n) is 1.59. The highest BCUT2D eigenvalue weighted by molar-refractivity contribution is 14.1. The van der Waals surface area contributed by atoms with Crippen LogP contribution in [-0.4, -0.2) is 15.5 Å². The van der Waals surface area contributed by atoms with Crippen molar-refractivity contribution in [1.29, 1.82) is 0 Å². The van der Waals surface area contributed by atoms with Crippen LogP contribution in [0.25, 0.3) is 0 Å². The van der Waals surface area contributed by atoms with Crippen molar-refractivity contribution >= 4 is 34.2 Å². The average molecular weight is 385 g/mol. The standard InChI is InChI=1S/C13H12IN3O3/c1-8-2-3-9(6-10(8)14)15-12(19)7-17-5-4-11(18)16-13(17)20/h2-6H,7H2,1H3,(H,15,19)(H,16,18,20). The maximum atomic E-state index is 11.8. The van der Waals surface area contributed by atoms with Gasteiger partial charge < -0.3 is 5.32 Å². The Balaban J connectivity index is 2.10. The number of rotatable bonds is 3. The van der Waals surface area contributed by atoms with Gasteiger partial charge in [-0.3, -0.25) is 19.1 Å². The molecule has 0 aliphatic carbocycles. The largest absolute Gasteiger partial charge is 0.328 e. The van der Waals surface area contributed by atoms with Crippen molar-refractivity contribution in [3.8, 4) is 0 Å². The monoisotopic (exact) mass is 385 g/mol. The molecule has 0 aliphatic heterocycles. The molecule has 0 bridgehead atoms. The lowest BCUT2D eigenvalue weighted by Gasteiger charge is -2.08. The van der Waals surface area contributed by atoms with E-state index in [2.05, 4.69) is 32.9 Å². The van der Waals surface area contributed by atoms with Gasteiger partial charge in [0.2, 0.25) is 5.91 Å². The maximum Gasteiger partial charge on any atom is 0.328 e. The third-order valence-electron chi connectivity index (χ3n) is 2.67. The fourth-order valence-corrected chi connectivity index (χ4v) is 2.11. The van der Waals surface area contributed by atoms with Crippen molar-refractivity contribution in [3.05, 3.63) is 60.4 Å². The Morgan fingerprint density at radius 1 is 1.35 bits per heavy atom. The van der Waals surface area contributed by atoms with Gasteiger partial charge in [0.05, 0.1) is 0 Å². The van der Waals surface area contributed by atoms with Gasteiger partial charge in [-0.1, -0.05) is 6.07 Å². The Kier molecular flexibility index (Phi) is 4.38. The average Bonchev–Trinajstić information content (AvgIpc) is 2.37. The number of amides is 1. The Morgan fingerprint density at radius 3 is 2.75 bits per heavy atom. The second kappa shape index (κ2) is 6.04. The van der Waals surface area contributed by atoms with Crippen LogP contribution in [0, 0.1) is 10.5 Å². The molecule has 0 spiro atoms. The van der Waals surface area contributed by atoms with Gasteiger partial charge in [0.25, 0.3) is 5.56 Å². The van der Waals surface area contributed by atoms with Crippen LogP contribution in [0.1, 0.15) is 5.56 Å². The molecule has 2 aromatic rings. The van der Waals surface area contributed by atoms with Gasteiger partial charge in [-0.05, 0) is 47.2 Å². The lowest BCUT2D eigenvalue weighted by Crippen LogP contribution is -2.32. The summed E-state index contributed by atoms with van der Waals surface area (Å²) in [5.41, 5.74) is 0.703. The molecule has 7 heteroatoms. The van der Waals surface area contributed by atoms with Gasteiger partial charge in [-0.25, -0.2) is 4.79 Å². The SMILES string of the molecule is Cc1ccc(NC(=O)Cn2ccc(=O)[nH]c2=O)cc1I. The summed E-state index contributed by atoms with van der Waals surface area (Å²) in [6.07, 6.45) is 1.29. The first kappa shape index (κ1) is 14.5. The predicted molar refractivity (Wildman–Crippen MR) is 83.8 cm³/mol. The molecule has 1 amide bonds. The molecule has 104 valence electrons. The van der Waals surface area contributed by atoms with E-state index in [-0.39, 0.29) is 12.5 Å². The zero-order valence-electron chi connectivity index (χ0n) is 10.6. The van der Waals surface area contributed by atoms with Gasteiger partial charge in [-0.15, -0.1) is 0 Å². The molecule has 6 nitrogen and oxygen atoms in total. The summed E-state index contributed by atoms with van der Waals surface area (Å²) in [6, 6.07) is 6.75. The molecule has 1 aromatic heterocycles. The highest BCUT2D eigenvalue weighted by atomic mass is 127. The summed E-state index contributed by atoms with van der Waals surface area (Å²) in [5.74, 6) is -0.334. The smallest absolute Gasteiger partial charge is 0.324 e. The van der Waals surface area contributed by atoms with Crippen molar-refractivity contribution in [2.45, 2.75) is 13.5 Å². The molecule has 1 aromatic carbocycles. The Morgan fingerprint density at radius 2 is 2.10 bits per heavy atom. The summed E-state index contributed by atoms with van der Waals surface area (Å²) < 4.78 is 2.18. The number of carbonyl (C=O) groups is 1. The lowest BCUT2D eigenvalue weighted by atomic mass is 10.2. The minimum absolute atomic E-state index is 0.153. The van der Waals surface area contributed by atoms with E-state index < -0.39 is 11.2 Å². The van der Waals surface area contributed by atoms with E-state index >= 15 is 0 Å². The van der Waals surface area contributed by atoms with Crippen LogP contribution >= 0.6 is 22.6 Å². The molecule has 1 heterocycles. The molecular weight excluding hydrogens is 373 g/mol. The number of nitrogens with one attached hydrogen (secondary N) is 2. The summed E-state index contributed by atoms with van der Waals surface area (Å²) in [4.78, 5) is 36.3. The number of aromatic amines is 1. The quantitative estimate of drug-likeness (QED) is 0.776.